The van der Waals surface area contributed by atoms with Gasteiger partial charge in [0.15, 0.2) is 11.6 Å². The molecule has 0 spiro atoms. The number of carbonyl (C=O) groups excluding carboxylic acids is 1. The molecule has 1 heterocycles. The van der Waals surface area contributed by atoms with E-state index in [4.69, 9.17) is 0 Å². The number of aryl methyl sites for hydroxylation is 1. The fraction of sp³-hybridized carbons (Fsp3) is 0.267. The van der Waals surface area contributed by atoms with Crippen LogP contribution in [0.1, 0.15) is 27.0 Å². The van der Waals surface area contributed by atoms with Crippen molar-refractivity contribution in [2.45, 2.75) is 26.3 Å². The predicted octanol–water partition coefficient (Wildman–Crippen LogP) is 3.70. The standard InChI is InChI=1S/C15H15F2NOS/c1-9(8-11-7-6-10(2)20-11)18-15(19)12-4-3-5-13(16)14(12)17/h3-7,9H,8H2,1-2H3,(H,18,19). The fourth-order valence-corrected chi connectivity index (χ4v) is 2.95. The van der Waals surface area contributed by atoms with Crippen molar-refractivity contribution < 1.29 is 13.6 Å². The van der Waals surface area contributed by atoms with Gasteiger partial charge in [0.2, 0.25) is 0 Å². The van der Waals surface area contributed by atoms with Gasteiger partial charge in [0.05, 0.1) is 5.56 Å². The number of thiophene rings is 1. The maximum Gasteiger partial charge on any atom is 0.254 e. The number of carbonyl (C=O) groups is 1. The number of hydrogen-bond acceptors (Lipinski definition) is 2. The summed E-state index contributed by atoms with van der Waals surface area (Å²) in [6.07, 6.45) is 0.668. The van der Waals surface area contributed by atoms with E-state index in [0.29, 0.717) is 6.42 Å². The van der Waals surface area contributed by atoms with Gasteiger partial charge in [-0.25, -0.2) is 8.78 Å². The Morgan fingerprint density at radius 1 is 1.30 bits per heavy atom. The number of hydrogen-bond donors (Lipinski definition) is 1. The summed E-state index contributed by atoms with van der Waals surface area (Å²) in [6.45, 7) is 3.85. The lowest BCUT2D eigenvalue weighted by molar-refractivity contribution is 0.0935. The number of amides is 1. The molecule has 0 aliphatic carbocycles. The van der Waals surface area contributed by atoms with Gasteiger partial charge in [-0.3, -0.25) is 4.79 Å². The summed E-state index contributed by atoms with van der Waals surface area (Å²) in [5.41, 5.74) is -0.265. The lowest BCUT2D eigenvalue weighted by atomic mass is 10.1. The highest BCUT2D eigenvalue weighted by Gasteiger charge is 2.17. The van der Waals surface area contributed by atoms with E-state index >= 15 is 0 Å². The zero-order valence-corrected chi connectivity index (χ0v) is 12.1. The molecule has 2 nitrogen and oxygen atoms in total. The van der Waals surface area contributed by atoms with E-state index in [1.54, 1.807) is 11.3 Å². The minimum Gasteiger partial charge on any atom is -0.349 e. The first-order valence-electron chi connectivity index (χ1n) is 6.27. The molecule has 20 heavy (non-hydrogen) atoms. The monoisotopic (exact) mass is 295 g/mol. The zero-order chi connectivity index (χ0) is 14.7. The Balaban J connectivity index is 2.02. The maximum absolute atomic E-state index is 13.5. The maximum atomic E-state index is 13.5. The third-order valence-electron chi connectivity index (χ3n) is 2.88. The highest BCUT2D eigenvalue weighted by Crippen LogP contribution is 2.17. The number of halogens is 2. The van der Waals surface area contributed by atoms with Gasteiger partial charge in [-0.1, -0.05) is 6.07 Å². The Morgan fingerprint density at radius 3 is 2.70 bits per heavy atom. The Labute approximate surface area is 120 Å². The van der Waals surface area contributed by atoms with Crippen LogP contribution in [-0.4, -0.2) is 11.9 Å². The van der Waals surface area contributed by atoms with Crippen molar-refractivity contribution in [3.05, 3.63) is 57.3 Å². The van der Waals surface area contributed by atoms with Crippen molar-refractivity contribution in [2.24, 2.45) is 0 Å². The summed E-state index contributed by atoms with van der Waals surface area (Å²) in [5, 5.41) is 2.68. The molecule has 0 saturated carbocycles. The molecule has 1 aromatic heterocycles. The first-order chi connectivity index (χ1) is 9.47. The molecule has 5 heteroatoms. The second kappa shape index (κ2) is 6.13. The molecular formula is C15H15F2NOS. The summed E-state index contributed by atoms with van der Waals surface area (Å²) in [6, 6.07) is 7.45. The molecule has 0 saturated heterocycles. The van der Waals surface area contributed by atoms with Crippen LogP contribution in [-0.2, 0) is 6.42 Å². The third-order valence-corrected chi connectivity index (χ3v) is 3.90. The van der Waals surface area contributed by atoms with Crippen LogP contribution in [0.5, 0.6) is 0 Å². The van der Waals surface area contributed by atoms with E-state index in [1.165, 1.54) is 17.0 Å². The molecule has 1 N–H and O–H groups in total. The molecule has 106 valence electrons. The molecule has 0 bridgehead atoms. The van der Waals surface area contributed by atoms with Crippen LogP contribution in [0.2, 0.25) is 0 Å². The van der Waals surface area contributed by atoms with E-state index in [1.807, 2.05) is 26.0 Å². The molecule has 1 unspecified atom stereocenters. The van der Waals surface area contributed by atoms with Crippen LogP contribution in [0.4, 0.5) is 8.78 Å². The summed E-state index contributed by atoms with van der Waals surface area (Å²) in [7, 11) is 0. The lowest BCUT2D eigenvalue weighted by Crippen LogP contribution is -2.34. The molecule has 0 aliphatic rings. The van der Waals surface area contributed by atoms with Gasteiger partial charge in [0.25, 0.3) is 5.91 Å². The fourth-order valence-electron chi connectivity index (χ4n) is 1.93. The van der Waals surface area contributed by atoms with Crippen molar-refractivity contribution in [2.75, 3.05) is 0 Å². The Morgan fingerprint density at radius 2 is 2.05 bits per heavy atom. The molecule has 1 aromatic carbocycles. The van der Waals surface area contributed by atoms with E-state index in [9.17, 15) is 13.6 Å². The van der Waals surface area contributed by atoms with Crippen molar-refractivity contribution in [3.8, 4) is 0 Å². The first kappa shape index (κ1) is 14.7. The van der Waals surface area contributed by atoms with Crippen LogP contribution >= 0.6 is 11.3 Å². The van der Waals surface area contributed by atoms with Crippen LogP contribution < -0.4 is 5.32 Å². The number of rotatable bonds is 4. The molecule has 0 fully saturated rings. The van der Waals surface area contributed by atoms with Crippen molar-refractivity contribution >= 4 is 17.2 Å². The SMILES string of the molecule is Cc1ccc(CC(C)NC(=O)c2cccc(F)c2F)s1. The van der Waals surface area contributed by atoms with E-state index in [0.717, 1.165) is 10.9 Å². The van der Waals surface area contributed by atoms with Crippen molar-refractivity contribution in [3.63, 3.8) is 0 Å². The molecule has 0 radical (unpaired) electrons. The normalized spacial score (nSPS) is 12.2. The second-order valence-electron chi connectivity index (χ2n) is 4.69. The quantitative estimate of drug-likeness (QED) is 0.915. The predicted molar refractivity (Wildman–Crippen MR) is 76.0 cm³/mol. The Kier molecular flexibility index (Phi) is 4.49. The molecule has 1 amide bonds. The van der Waals surface area contributed by atoms with Gasteiger partial charge in [0, 0.05) is 22.2 Å². The smallest absolute Gasteiger partial charge is 0.254 e. The van der Waals surface area contributed by atoms with E-state index in [-0.39, 0.29) is 11.6 Å². The van der Waals surface area contributed by atoms with Gasteiger partial charge in [-0.05, 0) is 38.1 Å². The third kappa shape index (κ3) is 3.42. The van der Waals surface area contributed by atoms with Crippen LogP contribution in [0.15, 0.2) is 30.3 Å². The summed E-state index contributed by atoms with van der Waals surface area (Å²) < 4.78 is 26.6. The van der Waals surface area contributed by atoms with Gasteiger partial charge >= 0.3 is 0 Å². The first-order valence-corrected chi connectivity index (χ1v) is 7.09. The van der Waals surface area contributed by atoms with Gasteiger partial charge in [-0.15, -0.1) is 11.3 Å². The molecule has 2 aromatic rings. The zero-order valence-electron chi connectivity index (χ0n) is 11.2. The van der Waals surface area contributed by atoms with E-state index < -0.39 is 17.5 Å². The Hall–Kier alpha value is -1.75. The van der Waals surface area contributed by atoms with E-state index in [2.05, 4.69) is 5.32 Å². The summed E-state index contributed by atoms with van der Waals surface area (Å²) in [4.78, 5) is 14.3. The highest BCUT2D eigenvalue weighted by molar-refractivity contribution is 7.11. The van der Waals surface area contributed by atoms with Gasteiger partial charge in [0.1, 0.15) is 0 Å². The largest absolute Gasteiger partial charge is 0.349 e. The number of nitrogens with one attached hydrogen (secondary N) is 1. The molecular weight excluding hydrogens is 280 g/mol. The van der Waals surface area contributed by atoms with Crippen LogP contribution in [0, 0.1) is 18.6 Å². The molecule has 0 aliphatic heterocycles. The molecule has 1 atom stereocenters. The van der Waals surface area contributed by atoms with Gasteiger partial charge < -0.3 is 5.32 Å². The minimum absolute atomic E-state index is 0.150. The van der Waals surface area contributed by atoms with Crippen LogP contribution in [0.3, 0.4) is 0 Å². The van der Waals surface area contributed by atoms with Crippen molar-refractivity contribution in [1.82, 2.24) is 5.32 Å². The summed E-state index contributed by atoms with van der Waals surface area (Å²) in [5.74, 6) is -2.72. The highest BCUT2D eigenvalue weighted by atomic mass is 32.1. The van der Waals surface area contributed by atoms with Crippen LogP contribution in [0.25, 0.3) is 0 Å². The number of benzene rings is 1. The Bertz CT molecular complexity index is 624. The topological polar surface area (TPSA) is 29.1 Å². The van der Waals surface area contributed by atoms with Gasteiger partial charge in [-0.2, -0.15) is 0 Å². The summed E-state index contributed by atoms with van der Waals surface area (Å²) >= 11 is 1.66. The van der Waals surface area contributed by atoms with Crippen molar-refractivity contribution in [1.29, 1.82) is 0 Å². The second-order valence-corrected chi connectivity index (χ2v) is 6.06. The average molecular weight is 295 g/mol. The molecule has 2 rings (SSSR count). The average Bonchev–Trinajstić information content (AvgIpc) is 2.77. The lowest BCUT2D eigenvalue weighted by Gasteiger charge is -2.13. The minimum atomic E-state index is -1.11.